The minimum atomic E-state index is -1.50. The second kappa shape index (κ2) is 8.14. The van der Waals surface area contributed by atoms with Crippen molar-refractivity contribution < 1.29 is 14.4 Å². The summed E-state index contributed by atoms with van der Waals surface area (Å²) in [6.45, 7) is 5.64. The molecule has 3 aromatic rings. The summed E-state index contributed by atoms with van der Waals surface area (Å²) < 4.78 is 0. The van der Waals surface area contributed by atoms with Gasteiger partial charge in [0.05, 0.1) is 12.1 Å². The highest BCUT2D eigenvalue weighted by atomic mass is 35.5. The molecule has 37 heavy (non-hydrogen) atoms. The first kappa shape index (κ1) is 24.1. The van der Waals surface area contributed by atoms with E-state index in [0.29, 0.717) is 21.2 Å². The second-order valence-corrected chi connectivity index (χ2v) is 11.9. The lowest BCUT2D eigenvalue weighted by Crippen LogP contribution is -2.49. The predicted molar refractivity (Wildman–Crippen MR) is 147 cm³/mol. The van der Waals surface area contributed by atoms with Crippen LogP contribution in [0, 0.1) is 10.8 Å². The van der Waals surface area contributed by atoms with Crippen molar-refractivity contribution >= 4 is 52.3 Å². The topological polar surface area (TPSA) is 54.5 Å². The number of carbonyl (C=O) groups excluding carboxylic acids is 3. The van der Waals surface area contributed by atoms with Gasteiger partial charge in [-0.1, -0.05) is 92.5 Å². The molecule has 1 saturated heterocycles. The summed E-state index contributed by atoms with van der Waals surface area (Å²) >= 11 is 12.6. The number of halogens is 2. The van der Waals surface area contributed by atoms with Crippen LogP contribution in [0.25, 0.3) is 6.08 Å². The van der Waals surface area contributed by atoms with Gasteiger partial charge in [-0.05, 0) is 41.5 Å². The highest BCUT2D eigenvalue weighted by molar-refractivity contribution is 6.33. The van der Waals surface area contributed by atoms with E-state index in [1.807, 2.05) is 62.1 Å². The van der Waals surface area contributed by atoms with Gasteiger partial charge in [-0.25, -0.2) is 0 Å². The van der Waals surface area contributed by atoms with E-state index in [1.165, 1.54) is 0 Å². The zero-order valence-corrected chi connectivity index (χ0v) is 22.2. The summed E-state index contributed by atoms with van der Waals surface area (Å²) in [5.41, 5.74) is 0.953. The Bertz CT molecular complexity index is 1480. The Labute approximate surface area is 225 Å². The Kier molecular flexibility index (Phi) is 5.31. The minimum absolute atomic E-state index is 0.0397. The molecule has 1 aliphatic carbocycles. The summed E-state index contributed by atoms with van der Waals surface area (Å²) in [5, 5.41) is 1.11. The molecule has 1 fully saturated rings. The lowest BCUT2D eigenvalue weighted by molar-refractivity contribution is -0.127. The summed E-state index contributed by atoms with van der Waals surface area (Å²) in [6.07, 6.45) is 3.82. The molecule has 0 amide bonds. The van der Waals surface area contributed by atoms with Crippen LogP contribution in [-0.4, -0.2) is 29.4 Å². The molecular formula is C31H25Cl2NO3. The van der Waals surface area contributed by atoms with Crippen LogP contribution >= 0.6 is 23.2 Å². The van der Waals surface area contributed by atoms with Crippen molar-refractivity contribution in [1.29, 1.82) is 0 Å². The number of fused-ring (bicyclic) bond motifs is 5. The zero-order chi connectivity index (χ0) is 26.3. The van der Waals surface area contributed by atoms with E-state index < -0.39 is 28.8 Å². The van der Waals surface area contributed by atoms with Crippen LogP contribution in [0.15, 0.2) is 72.8 Å². The maximum Gasteiger partial charge on any atom is 0.180 e. The van der Waals surface area contributed by atoms with Crippen molar-refractivity contribution in [2.75, 3.05) is 4.90 Å². The molecule has 0 aromatic heterocycles. The van der Waals surface area contributed by atoms with Gasteiger partial charge < -0.3 is 4.90 Å². The van der Waals surface area contributed by atoms with Crippen LogP contribution in [0.2, 0.25) is 10.0 Å². The molecule has 0 saturated carbocycles. The number of ketones is 3. The van der Waals surface area contributed by atoms with Gasteiger partial charge in [0.15, 0.2) is 17.3 Å². The first-order valence-corrected chi connectivity index (χ1v) is 13.1. The maximum atomic E-state index is 14.5. The van der Waals surface area contributed by atoms with Gasteiger partial charge in [-0.3, -0.25) is 14.4 Å². The number of carbonyl (C=O) groups is 3. The molecule has 3 aliphatic rings. The highest BCUT2D eigenvalue weighted by Gasteiger charge is 2.71. The Balaban J connectivity index is 1.70. The zero-order valence-electron chi connectivity index (χ0n) is 20.7. The van der Waals surface area contributed by atoms with E-state index in [4.69, 9.17) is 23.2 Å². The van der Waals surface area contributed by atoms with Gasteiger partial charge in [-0.15, -0.1) is 0 Å². The third-order valence-electron chi connectivity index (χ3n) is 8.00. The molecule has 2 aliphatic heterocycles. The number of rotatable bonds is 2. The van der Waals surface area contributed by atoms with Crippen molar-refractivity contribution in [3.05, 3.63) is 105 Å². The summed E-state index contributed by atoms with van der Waals surface area (Å²) in [7, 11) is 0. The van der Waals surface area contributed by atoms with Gasteiger partial charge in [0.1, 0.15) is 5.41 Å². The van der Waals surface area contributed by atoms with Crippen LogP contribution < -0.4 is 4.90 Å². The van der Waals surface area contributed by atoms with Gasteiger partial charge in [0.2, 0.25) is 0 Å². The molecule has 4 nitrogen and oxygen atoms in total. The molecule has 3 atom stereocenters. The average molecular weight is 530 g/mol. The first-order valence-electron chi connectivity index (χ1n) is 12.3. The molecular weight excluding hydrogens is 505 g/mol. The van der Waals surface area contributed by atoms with Gasteiger partial charge >= 0.3 is 0 Å². The fraction of sp³-hybridized carbons (Fsp3) is 0.258. The molecule has 0 unspecified atom stereocenters. The first-order chi connectivity index (χ1) is 17.6. The molecule has 6 heteroatoms. The number of anilines is 1. The maximum absolute atomic E-state index is 14.5. The number of hydrogen-bond acceptors (Lipinski definition) is 4. The highest BCUT2D eigenvalue weighted by Crippen LogP contribution is 2.61. The fourth-order valence-electron chi connectivity index (χ4n) is 6.43. The van der Waals surface area contributed by atoms with E-state index in [0.717, 1.165) is 16.8 Å². The lowest BCUT2D eigenvalue weighted by Gasteiger charge is -2.38. The monoisotopic (exact) mass is 529 g/mol. The lowest BCUT2D eigenvalue weighted by atomic mass is 9.63. The van der Waals surface area contributed by atoms with Crippen LogP contribution in [0.1, 0.15) is 58.5 Å². The third kappa shape index (κ3) is 3.25. The standard InChI is InChI=1S/C31H25Cl2NO3/c1-30(2,3)29(37)26-25(17-8-11-19(32)12-9-17)31(27(35)21-6-4-5-7-22(21)28(31)36)24-15-10-18-16-20(33)13-14-23(18)34(24)26/h4-16,24-26H,1-3H3/t24-,25+,26+/m1/s1. The Morgan fingerprint density at radius 3 is 2.05 bits per heavy atom. The number of hydrogen-bond donors (Lipinski definition) is 0. The molecule has 3 aromatic carbocycles. The smallest absolute Gasteiger partial charge is 0.180 e. The molecule has 2 heterocycles. The molecule has 1 spiro atoms. The van der Waals surface area contributed by atoms with Crippen LogP contribution in [-0.2, 0) is 4.79 Å². The van der Waals surface area contributed by atoms with Gasteiger partial charge in [0, 0.05) is 38.2 Å². The Morgan fingerprint density at radius 1 is 0.865 bits per heavy atom. The van der Waals surface area contributed by atoms with E-state index >= 15 is 0 Å². The normalized spacial score (nSPS) is 23.3. The van der Waals surface area contributed by atoms with E-state index in [9.17, 15) is 14.4 Å². The fourth-order valence-corrected chi connectivity index (χ4v) is 6.74. The molecule has 186 valence electrons. The van der Waals surface area contributed by atoms with Crippen molar-refractivity contribution in [2.24, 2.45) is 10.8 Å². The number of Topliss-reactive ketones (excluding diaryl/α,β-unsaturated/α-hetero) is 3. The molecule has 6 rings (SSSR count). The molecule has 0 radical (unpaired) electrons. The van der Waals surface area contributed by atoms with Crippen molar-refractivity contribution in [3.63, 3.8) is 0 Å². The van der Waals surface area contributed by atoms with Crippen LogP contribution in [0.5, 0.6) is 0 Å². The van der Waals surface area contributed by atoms with E-state index in [2.05, 4.69) is 0 Å². The Morgan fingerprint density at radius 2 is 1.46 bits per heavy atom. The molecule has 0 N–H and O–H groups in total. The van der Waals surface area contributed by atoms with Crippen molar-refractivity contribution in [2.45, 2.75) is 38.8 Å². The second-order valence-electron chi connectivity index (χ2n) is 11.1. The number of nitrogens with zero attached hydrogens (tertiary/aromatic N) is 1. The van der Waals surface area contributed by atoms with E-state index in [-0.39, 0.29) is 17.3 Å². The summed E-state index contributed by atoms with van der Waals surface area (Å²) in [6, 6.07) is 18.3. The van der Waals surface area contributed by atoms with Crippen molar-refractivity contribution in [1.82, 2.24) is 0 Å². The third-order valence-corrected chi connectivity index (χ3v) is 8.49. The number of benzene rings is 3. The van der Waals surface area contributed by atoms with E-state index in [1.54, 1.807) is 42.5 Å². The average Bonchev–Trinajstić information content (AvgIpc) is 3.29. The predicted octanol–water partition coefficient (Wildman–Crippen LogP) is 7.04. The van der Waals surface area contributed by atoms with Crippen LogP contribution in [0.3, 0.4) is 0 Å². The summed E-state index contributed by atoms with van der Waals surface area (Å²) in [5.74, 6) is -1.24. The van der Waals surface area contributed by atoms with Crippen molar-refractivity contribution in [3.8, 4) is 0 Å². The largest absolute Gasteiger partial charge is 0.352 e. The Hall–Kier alpha value is -3.21. The van der Waals surface area contributed by atoms with Gasteiger partial charge in [-0.2, -0.15) is 0 Å². The quantitative estimate of drug-likeness (QED) is 0.334. The minimum Gasteiger partial charge on any atom is -0.352 e. The SMILES string of the molecule is CC(C)(C)C(=O)[C@@H]1[C@H](c2ccc(Cl)cc2)C2(C(=O)c3ccccc3C2=O)[C@H]2C=Cc3cc(Cl)ccc3N12. The summed E-state index contributed by atoms with van der Waals surface area (Å²) in [4.78, 5) is 45.3. The van der Waals surface area contributed by atoms with Gasteiger partial charge in [0.25, 0.3) is 0 Å². The molecule has 0 bridgehead atoms. The van der Waals surface area contributed by atoms with Crippen LogP contribution in [0.4, 0.5) is 5.69 Å².